The van der Waals surface area contributed by atoms with Crippen LogP contribution in [0.25, 0.3) is 0 Å². The van der Waals surface area contributed by atoms with Gasteiger partial charge in [-0.05, 0) is 37.8 Å². The lowest BCUT2D eigenvalue weighted by atomic mass is 10.0. The summed E-state index contributed by atoms with van der Waals surface area (Å²) in [5.74, 6) is 0.171. The van der Waals surface area contributed by atoms with E-state index in [1.807, 2.05) is 45.0 Å². The minimum absolute atomic E-state index is 0. The van der Waals surface area contributed by atoms with E-state index < -0.39 is 6.04 Å². The maximum Gasteiger partial charge on any atom is 0.315 e. The molecule has 1 aliphatic rings. The van der Waals surface area contributed by atoms with Crippen LogP contribution in [0, 0.1) is 12.8 Å². The molecule has 1 aromatic carbocycles. The van der Waals surface area contributed by atoms with Crippen LogP contribution >= 0.6 is 12.4 Å². The molecule has 3 amide bonds. The summed E-state index contributed by atoms with van der Waals surface area (Å²) in [5, 5.41) is 11.9. The van der Waals surface area contributed by atoms with E-state index in [4.69, 9.17) is 0 Å². The Morgan fingerprint density at radius 1 is 1.11 bits per heavy atom. The maximum atomic E-state index is 12.6. The second-order valence-corrected chi connectivity index (χ2v) is 7.53. The number of hydrogen-bond donors (Lipinski definition) is 4. The Morgan fingerprint density at radius 2 is 1.82 bits per heavy atom. The van der Waals surface area contributed by atoms with Crippen molar-refractivity contribution in [3.05, 3.63) is 47.0 Å². The summed E-state index contributed by atoms with van der Waals surface area (Å²) in [4.78, 5) is 24.8. The molecule has 0 aliphatic carbocycles. The predicted octanol–water partition coefficient (Wildman–Crippen LogP) is 2.67. The van der Waals surface area contributed by atoms with Crippen LogP contribution in [0.4, 0.5) is 4.79 Å². The molecule has 0 saturated heterocycles. The normalized spacial score (nSPS) is 14.5. The Morgan fingerprint density at radius 3 is 2.43 bits per heavy atom. The van der Waals surface area contributed by atoms with Crippen molar-refractivity contribution in [2.75, 3.05) is 19.6 Å². The molecule has 6 nitrogen and oxygen atoms in total. The van der Waals surface area contributed by atoms with Crippen LogP contribution in [-0.2, 0) is 11.3 Å². The number of carbonyl (C=O) groups excluding carboxylic acids is 2. The Labute approximate surface area is 174 Å². The van der Waals surface area contributed by atoms with Crippen molar-refractivity contribution in [2.24, 2.45) is 5.92 Å². The van der Waals surface area contributed by atoms with Crippen molar-refractivity contribution in [3.63, 3.8) is 0 Å². The topological polar surface area (TPSA) is 82.3 Å². The molecule has 0 saturated carbocycles. The Bertz CT molecular complexity index is 659. The molecule has 1 aliphatic heterocycles. The number of rotatable bonds is 8. The summed E-state index contributed by atoms with van der Waals surface area (Å²) in [6, 6.07) is 7.14. The van der Waals surface area contributed by atoms with E-state index in [-0.39, 0.29) is 24.3 Å². The molecule has 0 radical (unpaired) electrons. The molecule has 0 spiro atoms. The highest BCUT2D eigenvalue weighted by molar-refractivity contribution is 5.87. The van der Waals surface area contributed by atoms with Crippen molar-refractivity contribution in [1.82, 2.24) is 21.3 Å². The van der Waals surface area contributed by atoms with Gasteiger partial charge in [0.05, 0.1) is 0 Å². The minimum atomic E-state index is -0.537. The van der Waals surface area contributed by atoms with Gasteiger partial charge < -0.3 is 21.3 Å². The van der Waals surface area contributed by atoms with Gasteiger partial charge in [0.1, 0.15) is 6.04 Å². The van der Waals surface area contributed by atoms with Gasteiger partial charge in [-0.2, -0.15) is 0 Å². The number of aryl methyl sites for hydroxylation is 1. The second-order valence-electron chi connectivity index (χ2n) is 7.53. The summed E-state index contributed by atoms with van der Waals surface area (Å²) in [5.41, 5.74) is 3.44. The highest BCUT2D eigenvalue weighted by Crippen LogP contribution is 2.07. The highest BCUT2D eigenvalue weighted by atomic mass is 35.5. The molecule has 156 valence electrons. The molecule has 1 unspecified atom stereocenters. The second kappa shape index (κ2) is 12.4. The standard InChI is InChI=1S/C21H32N4O2.ClH/c1-15(2)12-19(20(26)23-13-18-8-10-22-11-9-18)25-21(27)24-14-17-6-4-16(3)5-7-17;/h4-8,15,19,22H,9-14H2,1-3H3,(H,23,26)(H2,24,25,27);1H. The van der Waals surface area contributed by atoms with Gasteiger partial charge in [-0.25, -0.2) is 4.79 Å². The number of urea groups is 1. The fraction of sp³-hybridized carbons (Fsp3) is 0.524. The van der Waals surface area contributed by atoms with Gasteiger partial charge in [-0.15, -0.1) is 12.4 Å². The maximum absolute atomic E-state index is 12.6. The smallest absolute Gasteiger partial charge is 0.315 e. The zero-order valence-electron chi connectivity index (χ0n) is 17.0. The fourth-order valence-corrected chi connectivity index (χ4v) is 2.95. The van der Waals surface area contributed by atoms with Crippen LogP contribution in [0.5, 0.6) is 0 Å². The monoisotopic (exact) mass is 408 g/mol. The first-order valence-corrected chi connectivity index (χ1v) is 9.70. The van der Waals surface area contributed by atoms with Gasteiger partial charge in [0, 0.05) is 19.6 Å². The van der Waals surface area contributed by atoms with Crippen molar-refractivity contribution in [3.8, 4) is 0 Å². The molecular weight excluding hydrogens is 376 g/mol. The summed E-state index contributed by atoms with van der Waals surface area (Å²) in [6.07, 6.45) is 3.66. The molecule has 4 N–H and O–H groups in total. The van der Waals surface area contributed by atoms with E-state index in [2.05, 4.69) is 27.3 Å². The average molecular weight is 409 g/mol. The molecule has 0 bridgehead atoms. The van der Waals surface area contributed by atoms with Crippen molar-refractivity contribution >= 4 is 24.3 Å². The lowest BCUT2D eigenvalue weighted by molar-refractivity contribution is -0.123. The molecule has 1 aromatic rings. The van der Waals surface area contributed by atoms with Crippen molar-refractivity contribution < 1.29 is 9.59 Å². The average Bonchev–Trinajstić information content (AvgIpc) is 2.65. The Balaban J connectivity index is 0.00000392. The van der Waals surface area contributed by atoms with E-state index in [1.165, 1.54) is 11.1 Å². The van der Waals surface area contributed by atoms with Crippen molar-refractivity contribution in [1.29, 1.82) is 0 Å². The number of halogens is 1. The lowest BCUT2D eigenvalue weighted by Gasteiger charge is -2.21. The fourth-order valence-electron chi connectivity index (χ4n) is 2.95. The van der Waals surface area contributed by atoms with Crippen LogP contribution in [-0.4, -0.2) is 37.6 Å². The quantitative estimate of drug-likeness (QED) is 0.499. The molecular formula is C21H33ClN4O2. The molecule has 1 atom stereocenters. The van der Waals surface area contributed by atoms with Gasteiger partial charge in [0.15, 0.2) is 0 Å². The van der Waals surface area contributed by atoms with Gasteiger partial charge >= 0.3 is 6.03 Å². The van der Waals surface area contributed by atoms with Crippen LogP contribution in [0.2, 0.25) is 0 Å². The first-order chi connectivity index (χ1) is 12.9. The number of benzene rings is 1. The lowest BCUT2D eigenvalue weighted by Crippen LogP contribution is -2.50. The van der Waals surface area contributed by atoms with Crippen molar-refractivity contribution in [2.45, 2.75) is 46.2 Å². The van der Waals surface area contributed by atoms with Crippen LogP contribution in [0.1, 0.15) is 37.8 Å². The van der Waals surface area contributed by atoms with Crippen LogP contribution in [0.15, 0.2) is 35.9 Å². The van der Waals surface area contributed by atoms with E-state index >= 15 is 0 Å². The Hall–Kier alpha value is -2.05. The van der Waals surface area contributed by atoms with Gasteiger partial charge in [0.25, 0.3) is 0 Å². The first kappa shape index (κ1) is 24.0. The molecule has 0 fully saturated rings. The van der Waals surface area contributed by atoms with Crippen LogP contribution < -0.4 is 21.3 Å². The minimum Gasteiger partial charge on any atom is -0.351 e. The third-order valence-electron chi connectivity index (χ3n) is 4.55. The van der Waals surface area contributed by atoms with Gasteiger partial charge in [0.2, 0.25) is 5.91 Å². The van der Waals surface area contributed by atoms with Crippen LogP contribution in [0.3, 0.4) is 0 Å². The van der Waals surface area contributed by atoms with E-state index in [0.717, 1.165) is 25.1 Å². The molecule has 28 heavy (non-hydrogen) atoms. The van der Waals surface area contributed by atoms with E-state index in [0.29, 0.717) is 25.4 Å². The molecule has 2 rings (SSSR count). The largest absolute Gasteiger partial charge is 0.351 e. The predicted molar refractivity (Wildman–Crippen MR) is 116 cm³/mol. The molecule has 7 heteroatoms. The number of carbonyl (C=O) groups is 2. The Kier molecular flexibility index (Phi) is 10.6. The molecule has 0 aromatic heterocycles. The number of amides is 3. The zero-order valence-corrected chi connectivity index (χ0v) is 17.8. The van der Waals surface area contributed by atoms with Gasteiger partial charge in [-0.3, -0.25) is 4.79 Å². The first-order valence-electron chi connectivity index (χ1n) is 9.70. The summed E-state index contributed by atoms with van der Waals surface area (Å²) in [6.45, 7) is 8.88. The van der Waals surface area contributed by atoms with E-state index in [9.17, 15) is 9.59 Å². The number of nitrogens with one attached hydrogen (secondary N) is 4. The van der Waals surface area contributed by atoms with Gasteiger partial charge in [-0.1, -0.05) is 55.3 Å². The van der Waals surface area contributed by atoms with E-state index in [1.54, 1.807) is 0 Å². The third-order valence-corrected chi connectivity index (χ3v) is 4.55. The number of hydrogen-bond acceptors (Lipinski definition) is 3. The summed E-state index contributed by atoms with van der Waals surface area (Å²) < 4.78 is 0. The highest BCUT2D eigenvalue weighted by Gasteiger charge is 2.22. The SMILES string of the molecule is Cc1ccc(CNC(=O)NC(CC(C)C)C(=O)NCC2=CCNCC2)cc1.Cl. The zero-order chi connectivity index (χ0) is 19.6. The summed E-state index contributed by atoms with van der Waals surface area (Å²) in [7, 11) is 0. The molecule has 1 heterocycles. The summed E-state index contributed by atoms with van der Waals surface area (Å²) >= 11 is 0. The third kappa shape index (κ3) is 8.76.